The van der Waals surface area contributed by atoms with Crippen LogP contribution in [0.25, 0.3) is 0 Å². The number of rotatable bonds is 43. The van der Waals surface area contributed by atoms with Crippen molar-refractivity contribution in [2.24, 2.45) is 0 Å². The fourth-order valence-corrected chi connectivity index (χ4v) is 7.21. The van der Waals surface area contributed by atoms with Crippen molar-refractivity contribution >= 4 is 19.8 Å². The van der Waals surface area contributed by atoms with Crippen molar-refractivity contribution in [2.75, 3.05) is 26.4 Å². The number of carbonyl (C=O) groups is 2. The molecule has 0 heterocycles. The second-order valence-corrected chi connectivity index (χ2v) is 16.9. The van der Waals surface area contributed by atoms with Crippen LogP contribution in [0.3, 0.4) is 0 Å². The number of phosphoric acid groups is 1. The Bertz CT molecular complexity index is 930. The van der Waals surface area contributed by atoms with E-state index in [2.05, 4.69) is 19.9 Å². The van der Waals surface area contributed by atoms with Gasteiger partial charge in [0.25, 0.3) is 0 Å². The van der Waals surface area contributed by atoms with Gasteiger partial charge in [-0.05, 0) is 25.7 Å². The lowest BCUT2D eigenvalue weighted by Gasteiger charge is -2.20. The van der Waals surface area contributed by atoms with E-state index in [1.165, 1.54) is 148 Å². The van der Waals surface area contributed by atoms with Gasteiger partial charge in [-0.1, -0.05) is 193 Å². The largest absolute Gasteiger partial charge is 0.472 e. The Kier molecular flexibility index (Phi) is 39.9. The molecular formula is C44H85O10P. The Hall–Kier alpha value is -1.29. The summed E-state index contributed by atoms with van der Waals surface area (Å²) in [6, 6.07) is 0. The molecule has 0 bridgehead atoms. The van der Waals surface area contributed by atoms with Crippen LogP contribution in [0.1, 0.15) is 219 Å². The van der Waals surface area contributed by atoms with Crippen molar-refractivity contribution in [2.45, 2.75) is 232 Å². The third-order valence-corrected chi connectivity index (χ3v) is 10.9. The van der Waals surface area contributed by atoms with Crippen LogP contribution in [-0.2, 0) is 32.7 Å². The molecule has 0 fully saturated rings. The van der Waals surface area contributed by atoms with E-state index < -0.39 is 51.8 Å². The summed E-state index contributed by atoms with van der Waals surface area (Å²) in [5.41, 5.74) is 0. The highest BCUT2D eigenvalue weighted by atomic mass is 31.2. The van der Waals surface area contributed by atoms with Crippen LogP contribution >= 0.6 is 7.82 Å². The van der Waals surface area contributed by atoms with Crippen LogP contribution in [0, 0.1) is 0 Å². The maximum absolute atomic E-state index is 12.6. The third kappa shape index (κ3) is 40.7. The van der Waals surface area contributed by atoms with Crippen LogP contribution in [0.4, 0.5) is 0 Å². The molecule has 0 aromatic carbocycles. The van der Waals surface area contributed by atoms with E-state index in [4.69, 9.17) is 23.6 Å². The molecular weight excluding hydrogens is 719 g/mol. The predicted molar refractivity (Wildman–Crippen MR) is 224 cm³/mol. The SMILES string of the molecule is CCCCCCCCCCCCC/C=C/CCC(=O)OC[C@H](COP(=O)(O)OC[C@@H](O)CO)OC(=O)CCCCCCCCCCCCCCCCCCC. The zero-order valence-electron chi connectivity index (χ0n) is 35.4. The van der Waals surface area contributed by atoms with Crippen LogP contribution in [0.2, 0.25) is 0 Å². The minimum atomic E-state index is -4.62. The summed E-state index contributed by atoms with van der Waals surface area (Å²) in [5, 5.41) is 18.3. The monoisotopic (exact) mass is 805 g/mol. The zero-order chi connectivity index (χ0) is 40.5. The number of carbonyl (C=O) groups excluding carboxylic acids is 2. The highest BCUT2D eigenvalue weighted by Gasteiger charge is 2.27. The molecule has 3 N–H and O–H groups in total. The van der Waals surface area contributed by atoms with E-state index in [9.17, 15) is 24.2 Å². The summed E-state index contributed by atoms with van der Waals surface area (Å²) in [6.07, 6.45) is 39.0. The summed E-state index contributed by atoms with van der Waals surface area (Å²) < 4.78 is 32.7. The fraction of sp³-hybridized carbons (Fsp3) is 0.909. The van der Waals surface area contributed by atoms with E-state index in [1.807, 2.05) is 6.08 Å². The summed E-state index contributed by atoms with van der Waals surface area (Å²) in [4.78, 5) is 35.0. The zero-order valence-corrected chi connectivity index (χ0v) is 36.3. The van der Waals surface area contributed by atoms with Gasteiger partial charge in [-0.2, -0.15) is 0 Å². The molecule has 0 aliphatic heterocycles. The van der Waals surface area contributed by atoms with Crippen molar-refractivity contribution < 1.29 is 47.8 Å². The van der Waals surface area contributed by atoms with E-state index in [0.717, 1.165) is 32.1 Å². The first-order chi connectivity index (χ1) is 26.7. The first-order valence-electron chi connectivity index (χ1n) is 22.6. The van der Waals surface area contributed by atoms with Gasteiger partial charge in [0.15, 0.2) is 6.10 Å². The Morgan fingerprint density at radius 3 is 1.38 bits per heavy atom. The van der Waals surface area contributed by atoms with Gasteiger partial charge >= 0.3 is 19.8 Å². The smallest absolute Gasteiger partial charge is 0.462 e. The number of hydrogen-bond acceptors (Lipinski definition) is 9. The first kappa shape index (κ1) is 53.7. The van der Waals surface area contributed by atoms with E-state index >= 15 is 0 Å². The number of ether oxygens (including phenoxy) is 2. The van der Waals surface area contributed by atoms with E-state index in [-0.39, 0.29) is 19.4 Å². The van der Waals surface area contributed by atoms with Gasteiger partial charge in [0.05, 0.1) is 19.8 Å². The van der Waals surface area contributed by atoms with Gasteiger partial charge in [0, 0.05) is 12.8 Å². The molecule has 0 aliphatic carbocycles. The number of hydrogen-bond donors (Lipinski definition) is 3. The molecule has 0 amide bonds. The molecule has 11 heteroatoms. The highest BCUT2D eigenvalue weighted by Crippen LogP contribution is 2.43. The quantitative estimate of drug-likeness (QED) is 0.0235. The Labute approximate surface area is 336 Å². The number of aliphatic hydroxyl groups excluding tert-OH is 2. The second-order valence-electron chi connectivity index (χ2n) is 15.4. The molecule has 0 aliphatic rings. The van der Waals surface area contributed by atoms with Crippen molar-refractivity contribution in [1.29, 1.82) is 0 Å². The van der Waals surface area contributed by atoms with Gasteiger partial charge in [-0.3, -0.25) is 18.6 Å². The van der Waals surface area contributed by atoms with Crippen LogP contribution in [0.15, 0.2) is 12.2 Å². The fourth-order valence-electron chi connectivity index (χ4n) is 6.42. The van der Waals surface area contributed by atoms with Gasteiger partial charge in [-0.25, -0.2) is 4.57 Å². The van der Waals surface area contributed by atoms with Crippen molar-refractivity contribution in [3.8, 4) is 0 Å². The Balaban J connectivity index is 4.27. The number of phosphoric ester groups is 1. The molecule has 10 nitrogen and oxygen atoms in total. The van der Waals surface area contributed by atoms with Crippen LogP contribution < -0.4 is 0 Å². The molecule has 55 heavy (non-hydrogen) atoms. The van der Waals surface area contributed by atoms with Crippen LogP contribution in [-0.4, -0.2) is 65.7 Å². The molecule has 0 saturated heterocycles. The highest BCUT2D eigenvalue weighted by molar-refractivity contribution is 7.47. The van der Waals surface area contributed by atoms with Crippen molar-refractivity contribution in [3.63, 3.8) is 0 Å². The summed E-state index contributed by atoms with van der Waals surface area (Å²) in [6.45, 7) is 2.37. The minimum Gasteiger partial charge on any atom is -0.462 e. The molecule has 0 rings (SSSR count). The lowest BCUT2D eigenvalue weighted by molar-refractivity contribution is -0.161. The molecule has 0 spiro atoms. The standard InChI is InChI=1S/C44H85O10P/c1-3-5-7-9-11-13-15-17-19-20-22-24-26-28-30-32-34-36-44(48)54-42(40-53-55(49,50)52-38-41(46)37-45)39-51-43(47)35-33-31-29-27-25-23-21-18-16-14-12-10-8-6-4-2/h29,31,41-42,45-46H,3-28,30,32-40H2,1-2H3,(H,49,50)/b31-29+/t41-,42+/m0/s1. The molecule has 0 aromatic heterocycles. The second kappa shape index (κ2) is 40.9. The van der Waals surface area contributed by atoms with E-state index in [1.54, 1.807) is 0 Å². The lowest BCUT2D eigenvalue weighted by Crippen LogP contribution is -2.29. The van der Waals surface area contributed by atoms with Gasteiger partial charge in [0.2, 0.25) is 0 Å². The minimum absolute atomic E-state index is 0.163. The van der Waals surface area contributed by atoms with Crippen molar-refractivity contribution in [3.05, 3.63) is 12.2 Å². The third-order valence-electron chi connectivity index (χ3n) is 9.93. The lowest BCUT2D eigenvalue weighted by atomic mass is 10.0. The Morgan fingerprint density at radius 2 is 0.927 bits per heavy atom. The normalized spacial score (nSPS) is 13.9. The maximum Gasteiger partial charge on any atom is 0.472 e. The van der Waals surface area contributed by atoms with E-state index in [0.29, 0.717) is 12.8 Å². The van der Waals surface area contributed by atoms with Crippen LogP contribution in [0.5, 0.6) is 0 Å². The molecule has 0 aromatic rings. The summed E-state index contributed by atoms with van der Waals surface area (Å²) >= 11 is 0. The molecule has 0 radical (unpaired) electrons. The number of unbranched alkanes of at least 4 members (excludes halogenated alkanes) is 27. The first-order valence-corrected chi connectivity index (χ1v) is 24.1. The van der Waals surface area contributed by atoms with Gasteiger partial charge < -0.3 is 24.6 Å². The number of aliphatic hydroxyl groups is 2. The average Bonchev–Trinajstić information content (AvgIpc) is 3.17. The molecule has 3 atom stereocenters. The molecule has 0 saturated carbocycles. The number of esters is 2. The maximum atomic E-state index is 12.6. The molecule has 326 valence electrons. The summed E-state index contributed by atoms with van der Waals surface area (Å²) in [5.74, 6) is -0.969. The predicted octanol–water partition coefficient (Wildman–Crippen LogP) is 12.0. The van der Waals surface area contributed by atoms with Crippen molar-refractivity contribution in [1.82, 2.24) is 0 Å². The number of allylic oxidation sites excluding steroid dienone is 2. The summed E-state index contributed by atoms with van der Waals surface area (Å²) in [7, 11) is -4.62. The topological polar surface area (TPSA) is 149 Å². The Morgan fingerprint density at radius 1 is 0.527 bits per heavy atom. The average molecular weight is 805 g/mol. The molecule has 1 unspecified atom stereocenters. The van der Waals surface area contributed by atoms with Gasteiger partial charge in [0.1, 0.15) is 12.7 Å². The van der Waals surface area contributed by atoms with Gasteiger partial charge in [-0.15, -0.1) is 0 Å².